The van der Waals surface area contributed by atoms with Crippen LogP contribution in [-0.4, -0.2) is 44.2 Å². The van der Waals surface area contributed by atoms with Gasteiger partial charge in [-0.25, -0.2) is 0 Å². The molecule has 0 radical (unpaired) electrons. The minimum atomic E-state index is -0.0923. The summed E-state index contributed by atoms with van der Waals surface area (Å²) < 4.78 is 18.5. The second-order valence-corrected chi connectivity index (χ2v) is 11.8. The van der Waals surface area contributed by atoms with Gasteiger partial charge < -0.3 is 14.2 Å². The van der Waals surface area contributed by atoms with Crippen LogP contribution in [0.3, 0.4) is 0 Å². The van der Waals surface area contributed by atoms with Crippen molar-refractivity contribution in [1.29, 1.82) is 0 Å². The third-order valence-corrected chi connectivity index (χ3v) is 7.40. The van der Waals surface area contributed by atoms with Gasteiger partial charge in [0.25, 0.3) is 0 Å². The van der Waals surface area contributed by atoms with Gasteiger partial charge in [0.05, 0.1) is 25.1 Å². The monoisotopic (exact) mass is 522 g/mol. The van der Waals surface area contributed by atoms with Crippen LogP contribution in [0.1, 0.15) is 107 Å². The molecule has 202 valence electrons. The molecule has 0 aromatic heterocycles. The van der Waals surface area contributed by atoms with Crippen LogP contribution in [-0.2, 0) is 5.41 Å². The number of benzene rings is 2. The molecule has 0 amide bonds. The van der Waals surface area contributed by atoms with Crippen LogP contribution < -0.4 is 19.5 Å². The Bertz CT molecular complexity index is 943. The molecule has 2 rings (SSSR count). The van der Waals surface area contributed by atoms with Gasteiger partial charge in [0, 0.05) is 17.7 Å². The van der Waals surface area contributed by atoms with Crippen LogP contribution in [0.15, 0.2) is 24.3 Å². The quantitative estimate of drug-likeness (QED) is 0.137. The molecule has 37 heavy (non-hydrogen) atoms. The predicted octanol–water partition coefficient (Wildman–Crippen LogP) is 7.63. The Balaban J connectivity index is 0.00000684. The molecule has 0 saturated carbocycles. The maximum absolute atomic E-state index is 13.7. The van der Waals surface area contributed by atoms with E-state index < -0.39 is 0 Å². The number of carbonyl (C=O) groups excluding carboxylic acids is 1. The summed E-state index contributed by atoms with van der Waals surface area (Å²) in [5.41, 5.74) is 4.26. The molecule has 0 N–H and O–H groups in total. The maximum atomic E-state index is 13.7. The van der Waals surface area contributed by atoms with Crippen molar-refractivity contribution < 1.29 is 19.0 Å². The third kappa shape index (κ3) is 10.3. The summed E-state index contributed by atoms with van der Waals surface area (Å²) in [5, 5.41) is 0.841. The van der Waals surface area contributed by atoms with Gasteiger partial charge >= 0.3 is 18.9 Å². The Kier molecular flexibility index (Phi) is 15.0. The second-order valence-electron chi connectivity index (χ2n) is 10.6. The van der Waals surface area contributed by atoms with Gasteiger partial charge in [-0.2, -0.15) is 0 Å². The Hall–Kier alpha value is -1.46. The number of ether oxygens (including phenoxy) is 3. The molecule has 0 aliphatic heterocycles. The van der Waals surface area contributed by atoms with Gasteiger partial charge in [-0.05, 0) is 63.8 Å². The molecule has 2 aromatic carbocycles. The number of hydrogen-bond acceptors (Lipinski definition) is 4. The molecule has 0 fully saturated rings. The Morgan fingerprint density at radius 3 is 1.59 bits per heavy atom. The van der Waals surface area contributed by atoms with E-state index in [0.29, 0.717) is 31.3 Å². The number of hydrogen-bond donors (Lipinski definition) is 0. The molecule has 2 aromatic rings. The van der Waals surface area contributed by atoms with Gasteiger partial charge in [-0.1, -0.05) is 72.9 Å². The zero-order valence-corrected chi connectivity index (χ0v) is 24.8. The molecule has 1 unspecified atom stereocenters. The fourth-order valence-corrected chi connectivity index (χ4v) is 5.20. The number of aryl methyl sites for hydroxylation is 2. The van der Waals surface area contributed by atoms with Crippen molar-refractivity contribution in [2.45, 2.75) is 99.3 Å². The molecule has 0 spiro atoms. The Labute approximate surface area is 239 Å². The molecule has 4 nitrogen and oxygen atoms in total. The summed E-state index contributed by atoms with van der Waals surface area (Å²) in [6.45, 7) is 19.0. The SMILES string of the molecule is CCCCOc1cc(OCCCC)c(PC(=O)c2c(C)cc(C(C)(C)C)cc2C)c(OCCCC)c1.[LiH]. The first-order valence-corrected chi connectivity index (χ1v) is 14.6. The van der Waals surface area contributed by atoms with E-state index in [-0.39, 0.29) is 38.4 Å². The van der Waals surface area contributed by atoms with Crippen molar-refractivity contribution in [3.8, 4) is 17.2 Å². The fourth-order valence-electron chi connectivity index (χ4n) is 3.92. The van der Waals surface area contributed by atoms with Gasteiger partial charge in [-0.3, -0.25) is 4.79 Å². The molecule has 1 atom stereocenters. The number of carbonyl (C=O) groups is 1. The Morgan fingerprint density at radius 1 is 0.757 bits per heavy atom. The van der Waals surface area contributed by atoms with Gasteiger partial charge in [0.1, 0.15) is 17.2 Å². The summed E-state index contributed by atoms with van der Waals surface area (Å²) in [7, 11) is -0.0923. The summed E-state index contributed by atoms with van der Waals surface area (Å²) in [6, 6.07) is 8.20. The van der Waals surface area contributed by atoms with Crippen molar-refractivity contribution in [1.82, 2.24) is 0 Å². The zero-order chi connectivity index (χ0) is 26.7. The van der Waals surface area contributed by atoms with E-state index >= 15 is 0 Å². The van der Waals surface area contributed by atoms with Crippen LogP contribution in [0, 0.1) is 13.8 Å². The molecular formula is C31H48LiO4P. The topological polar surface area (TPSA) is 44.8 Å². The van der Waals surface area contributed by atoms with Gasteiger partial charge in [0.2, 0.25) is 0 Å². The number of rotatable bonds is 15. The standard InChI is InChI=1S/C31H47O4P.Li.H/c1-9-12-15-33-25-20-26(34-16-13-10-2)29(27(21-25)35-17-14-11-3)36-30(32)28-22(4)18-24(19-23(28)5)31(6,7)8;;/h18-21,36H,9-17H2,1-8H3;;. The van der Waals surface area contributed by atoms with Crippen molar-refractivity contribution in [2.24, 2.45) is 0 Å². The average molecular weight is 523 g/mol. The fraction of sp³-hybridized carbons (Fsp3) is 0.581. The molecule has 0 bridgehead atoms. The van der Waals surface area contributed by atoms with Crippen LogP contribution >= 0.6 is 8.58 Å². The molecule has 0 aliphatic rings. The van der Waals surface area contributed by atoms with Crippen LogP contribution in [0.2, 0.25) is 0 Å². The summed E-state index contributed by atoms with van der Waals surface area (Å²) in [6.07, 6.45) is 6.05. The zero-order valence-electron chi connectivity index (χ0n) is 23.8. The van der Waals surface area contributed by atoms with Gasteiger partial charge in [-0.15, -0.1) is 0 Å². The van der Waals surface area contributed by atoms with Crippen LogP contribution in [0.5, 0.6) is 17.2 Å². The average Bonchev–Trinajstić information content (AvgIpc) is 2.80. The third-order valence-electron chi connectivity index (χ3n) is 6.18. The van der Waals surface area contributed by atoms with E-state index in [4.69, 9.17) is 14.2 Å². The van der Waals surface area contributed by atoms with E-state index in [0.717, 1.165) is 66.3 Å². The normalized spacial score (nSPS) is 11.5. The summed E-state index contributed by atoms with van der Waals surface area (Å²) >= 11 is 0. The van der Waals surface area contributed by atoms with E-state index in [1.54, 1.807) is 0 Å². The number of unbranched alkanes of at least 4 members (excludes halogenated alkanes) is 3. The minimum absolute atomic E-state index is 0. The molecular weight excluding hydrogens is 474 g/mol. The molecule has 0 saturated heterocycles. The van der Waals surface area contributed by atoms with Crippen LogP contribution in [0.25, 0.3) is 0 Å². The molecule has 0 heterocycles. The molecule has 6 heteroatoms. The first-order valence-electron chi connectivity index (χ1n) is 13.6. The Morgan fingerprint density at radius 2 is 1.19 bits per heavy atom. The van der Waals surface area contributed by atoms with E-state index in [1.165, 1.54) is 5.56 Å². The van der Waals surface area contributed by atoms with Crippen molar-refractivity contribution in [3.05, 3.63) is 46.5 Å². The van der Waals surface area contributed by atoms with E-state index in [1.807, 2.05) is 26.0 Å². The van der Waals surface area contributed by atoms with E-state index in [9.17, 15) is 4.79 Å². The summed E-state index contributed by atoms with van der Waals surface area (Å²) in [5.74, 6) is 2.15. The van der Waals surface area contributed by atoms with Crippen molar-refractivity contribution in [3.63, 3.8) is 0 Å². The molecule has 0 aliphatic carbocycles. The predicted molar refractivity (Wildman–Crippen MR) is 162 cm³/mol. The second kappa shape index (κ2) is 16.5. The van der Waals surface area contributed by atoms with Gasteiger partial charge in [0.15, 0.2) is 5.52 Å². The van der Waals surface area contributed by atoms with Crippen LogP contribution in [0.4, 0.5) is 0 Å². The first kappa shape index (κ1) is 33.6. The first-order chi connectivity index (χ1) is 17.1. The van der Waals surface area contributed by atoms with E-state index in [2.05, 4.69) is 53.7 Å². The van der Waals surface area contributed by atoms with Crippen molar-refractivity contribution in [2.75, 3.05) is 19.8 Å². The van der Waals surface area contributed by atoms with Crippen molar-refractivity contribution >= 4 is 38.3 Å². The summed E-state index contributed by atoms with van der Waals surface area (Å²) in [4.78, 5) is 13.7.